The van der Waals surface area contributed by atoms with E-state index in [-0.39, 0.29) is 16.9 Å². The first-order valence-electron chi connectivity index (χ1n) is 6.95. The maximum Gasteiger partial charge on any atom is 0.271 e. The van der Waals surface area contributed by atoms with Crippen LogP contribution in [0.1, 0.15) is 48.9 Å². The fraction of sp³-hybridized carbons (Fsp3) is 0.500. The molecule has 0 spiro atoms. The van der Waals surface area contributed by atoms with Gasteiger partial charge in [-0.25, -0.2) is 4.99 Å². The number of nitrogens with one attached hydrogen (secondary N) is 1. The topological polar surface area (TPSA) is 68.0 Å². The Morgan fingerprint density at radius 3 is 2.67 bits per heavy atom. The molecule has 1 aliphatic rings. The Balaban J connectivity index is 2.23. The molecule has 0 aromatic carbocycles. The second kappa shape index (κ2) is 4.91. The molecule has 1 N–H and O–H groups in total. The Morgan fingerprint density at radius 1 is 1.38 bits per heavy atom. The van der Waals surface area contributed by atoms with Crippen molar-refractivity contribution < 1.29 is 0 Å². The van der Waals surface area contributed by atoms with Crippen molar-refractivity contribution in [1.82, 2.24) is 19.6 Å². The van der Waals surface area contributed by atoms with Crippen LogP contribution in [0.3, 0.4) is 0 Å². The van der Waals surface area contributed by atoms with E-state index in [1.54, 1.807) is 16.4 Å². The number of aromatic nitrogens is 4. The zero-order valence-corrected chi connectivity index (χ0v) is 13.7. The lowest BCUT2D eigenvalue weighted by atomic mass is 10.1. The Kier molecular flexibility index (Phi) is 3.32. The molecule has 0 unspecified atom stereocenters. The summed E-state index contributed by atoms with van der Waals surface area (Å²) >= 11 is 1.61. The number of nitrogens with zero attached hydrogens (tertiary/aromatic N) is 4. The van der Waals surface area contributed by atoms with Gasteiger partial charge in [0, 0.05) is 24.8 Å². The summed E-state index contributed by atoms with van der Waals surface area (Å²) in [5, 5.41) is 8.23. The molecule has 0 amide bonds. The first-order valence-corrected chi connectivity index (χ1v) is 7.83. The molecule has 0 saturated carbocycles. The third kappa shape index (κ3) is 2.25. The monoisotopic (exact) mass is 305 g/mol. The molecular formula is C14H19N5OS. The summed E-state index contributed by atoms with van der Waals surface area (Å²) in [6.45, 7) is 8.03. The van der Waals surface area contributed by atoms with Gasteiger partial charge in [-0.2, -0.15) is 5.10 Å². The molecule has 112 valence electrons. The van der Waals surface area contributed by atoms with E-state index in [0.717, 1.165) is 27.7 Å². The highest BCUT2D eigenvalue weighted by Gasteiger charge is 2.32. The van der Waals surface area contributed by atoms with Gasteiger partial charge in [0.15, 0.2) is 5.82 Å². The van der Waals surface area contributed by atoms with E-state index >= 15 is 0 Å². The van der Waals surface area contributed by atoms with Crippen LogP contribution < -0.4 is 5.56 Å². The van der Waals surface area contributed by atoms with Crippen LogP contribution in [0.15, 0.2) is 16.0 Å². The number of fused-ring (bicyclic) bond motifs is 1. The predicted molar refractivity (Wildman–Crippen MR) is 85.6 cm³/mol. The molecule has 2 aromatic heterocycles. The van der Waals surface area contributed by atoms with Crippen LogP contribution in [-0.4, -0.2) is 24.6 Å². The van der Waals surface area contributed by atoms with E-state index in [2.05, 4.69) is 15.2 Å². The van der Waals surface area contributed by atoms with Crippen molar-refractivity contribution in [2.24, 2.45) is 12.0 Å². The Bertz CT molecular complexity index is 780. The van der Waals surface area contributed by atoms with Crippen LogP contribution in [0.25, 0.3) is 0 Å². The summed E-state index contributed by atoms with van der Waals surface area (Å²) < 4.78 is 3.64. The molecular weight excluding hydrogens is 286 g/mol. The number of hydrogen-bond donors (Lipinski definition) is 1. The minimum Gasteiger partial charge on any atom is -0.275 e. The van der Waals surface area contributed by atoms with Gasteiger partial charge in [0.05, 0.1) is 21.6 Å². The van der Waals surface area contributed by atoms with Crippen molar-refractivity contribution in [2.75, 3.05) is 0 Å². The number of aliphatic imine (C=N–C) groups is 1. The van der Waals surface area contributed by atoms with Crippen LogP contribution in [0.4, 0.5) is 5.82 Å². The molecule has 3 rings (SSSR count). The highest BCUT2D eigenvalue weighted by molar-refractivity contribution is 8.14. The van der Waals surface area contributed by atoms with Gasteiger partial charge in [-0.15, -0.1) is 0 Å². The Hall–Kier alpha value is -1.76. The molecule has 0 radical (unpaired) electrons. The number of hydrogen-bond acceptors (Lipinski definition) is 4. The van der Waals surface area contributed by atoms with Crippen LogP contribution in [0, 0.1) is 6.92 Å². The highest BCUT2D eigenvalue weighted by Crippen LogP contribution is 2.44. The average molecular weight is 305 g/mol. The van der Waals surface area contributed by atoms with Crippen molar-refractivity contribution in [2.45, 2.75) is 39.0 Å². The fourth-order valence-electron chi connectivity index (χ4n) is 2.68. The van der Waals surface area contributed by atoms with E-state index < -0.39 is 0 Å². The predicted octanol–water partition coefficient (Wildman–Crippen LogP) is 2.69. The third-order valence-corrected chi connectivity index (χ3v) is 4.76. The summed E-state index contributed by atoms with van der Waals surface area (Å²) in [5.74, 6) is 0.750. The summed E-state index contributed by atoms with van der Waals surface area (Å²) in [6, 6.07) is 0.164. The lowest BCUT2D eigenvalue weighted by molar-refractivity contribution is 0.533. The second-order valence-corrected chi connectivity index (χ2v) is 6.91. The van der Waals surface area contributed by atoms with Crippen LogP contribution >= 0.6 is 11.8 Å². The zero-order valence-electron chi connectivity index (χ0n) is 12.8. The molecule has 0 aliphatic carbocycles. The Morgan fingerprint density at radius 2 is 2.10 bits per heavy atom. The second-order valence-electron chi connectivity index (χ2n) is 5.61. The summed E-state index contributed by atoms with van der Waals surface area (Å²) in [4.78, 5) is 17.0. The molecule has 0 fully saturated rings. The average Bonchev–Trinajstić information content (AvgIpc) is 2.89. The van der Waals surface area contributed by atoms with Crippen molar-refractivity contribution >= 4 is 22.6 Å². The molecule has 1 aliphatic heterocycles. The molecule has 2 aromatic rings. The maximum absolute atomic E-state index is 12.4. The summed E-state index contributed by atoms with van der Waals surface area (Å²) in [6.07, 6.45) is 1.99. The molecule has 6 nitrogen and oxygen atoms in total. The van der Waals surface area contributed by atoms with E-state index in [9.17, 15) is 4.79 Å². The van der Waals surface area contributed by atoms with E-state index in [4.69, 9.17) is 0 Å². The van der Waals surface area contributed by atoms with Gasteiger partial charge >= 0.3 is 0 Å². The lowest BCUT2D eigenvalue weighted by Crippen LogP contribution is -2.13. The quantitative estimate of drug-likeness (QED) is 0.927. The van der Waals surface area contributed by atoms with Gasteiger partial charge in [0.2, 0.25) is 0 Å². The van der Waals surface area contributed by atoms with Crippen molar-refractivity contribution in [3.05, 3.63) is 33.4 Å². The molecule has 21 heavy (non-hydrogen) atoms. The first kappa shape index (κ1) is 14.2. The van der Waals surface area contributed by atoms with Gasteiger partial charge in [0.25, 0.3) is 5.56 Å². The number of H-pyrrole nitrogens is 1. The molecule has 0 saturated heterocycles. The summed E-state index contributed by atoms with van der Waals surface area (Å²) in [5.41, 5.74) is 2.70. The van der Waals surface area contributed by atoms with Gasteiger partial charge < -0.3 is 0 Å². The van der Waals surface area contributed by atoms with Crippen molar-refractivity contribution in [3.8, 4) is 0 Å². The van der Waals surface area contributed by atoms with Crippen LogP contribution in [0.2, 0.25) is 0 Å². The van der Waals surface area contributed by atoms with Crippen LogP contribution in [0.5, 0.6) is 0 Å². The minimum atomic E-state index is -0.0595. The molecule has 7 heteroatoms. The van der Waals surface area contributed by atoms with Gasteiger partial charge in [-0.1, -0.05) is 11.8 Å². The number of thioether (sulfide) groups is 1. The molecule has 3 heterocycles. The van der Waals surface area contributed by atoms with E-state index in [0.29, 0.717) is 0 Å². The zero-order chi connectivity index (χ0) is 15.3. The minimum absolute atomic E-state index is 0.0463. The van der Waals surface area contributed by atoms with Gasteiger partial charge in [-0.05, 0) is 27.7 Å². The number of aromatic amines is 1. The SMILES string of the molecule is CC1=Nc2c(c(=O)[nH]n2C(C)C)[C@H](c2cn(C)nc2C)S1. The summed E-state index contributed by atoms with van der Waals surface area (Å²) in [7, 11) is 1.90. The lowest BCUT2D eigenvalue weighted by Gasteiger charge is -2.20. The Labute approximate surface area is 127 Å². The third-order valence-electron chi connectivity index (χ3n) is 3.60. The number of rotatable bonds is 2. The standard InChI is InChI=1S/C14H19N5OS/c1-7(2)19-13-11(14(20)17-19)12(21-9(4)15-13)10-6-18(5)16-8(10)3/h6-7,12H,1-5H3,(H,17,20)/t12-/m0/s1. The first-order chi connectivity index (χ1) is 9.88. The van der Waals surface area contributed by atoms with Crippen LogP contribution in [-0.2, 0) is 7.05 Å². The normalized spacial score (nSPS) is 18.0. The number of aryl methyl sites for hydroxylation is 2. The van der Waals surface area contributed by atoms with Crippen molar-refractivity contribution in [3.63, 3.8) is 0 Å². The van der Waals surface area contributed by atoms with Gasteiger partial charge in [-0.3, -0.25) is 19.3 Å². The van der Waals surface area contributed by atoms with Gasteiger partial charge in [0.1, 0.15) is 0 Å². The molecule has 1 atom stereocenters. The smallest absolute Gasteiger partial charge is 0.271 e. The van der Waals surface area contributed by atoms with Crippen molar-refractivity contribution in [1.29, 1.82) is 0 Å². The largest absolute Gasteiger partial charge is 0.275 e. The van der Waals surface area contributed by atoms with E-state index in [1.165, 1.54) is 0 Å². The molecule has 0 bridgehead atoms. The fourth-order valence-corrected chi connectivity index (χ4v) is 3.85. The highest BCUT2D eigenvalue weighted by atomic mass is 32.2. The van der Waals surface area contributed by atoms with E-state index in [1.807, 2.05) is 45.6 Å². The maximum atomic E-state index is 12.4.